The highest BCUT2D eigenvalue weighted by atomic mass is 15.2. The van der Waals surface area contributed by atoms with Gasteiger partial charge in [0.25, 0.3) is 0 Å². The first-order chi connectivity index (χ1) is 9.17. The third kappa shape index (κ3) is 3.95. The summed E-state index contributed by atoms with van der Waals surface area (Å²) in [5, 5.41) is 3.65. The number of nitrogens with one attached hydrogen (secondary N) is 1. The van der Waals surface area contributed by atoms with E-state index in [0.29, 0.717) is 5.41 Å². The standard InChI is InChI=1S/C17H34N2/c1-4-18-13-17(10-6-5-7-11-17)14-19-12-8-9-15(2)16(19)3/h15-16,18H,4-14H2,1-3H3. The van der Waals surface area contributed by atoms with Crippen LogP contribution in [0.5, 0.6) is 0 Å². The molecule has 0 aromatic heterocycles. The van der Waals surface area contributed by atoms with Gasteiger partial charge in [-0.05, 0) is 57.0 Å². The van der Waals surface area contributed by atoms with Crippen molar-refractivity contribution in [2.45, 2.75) is 71.8 Å². The number of hydrogen-bond acceptors (Lipinski definition) is 2. The Morgan fingerprint density at radius 1 is 1.11 bits per heavy atom. The highest BCUT2D eigenvalue weighted by Crippen LogP contribution is 2.38. The number of hydrogen-bond donors (Lipinski definition) is 1. The van der Waals surface area contributed by atoms with E-state index in [9.17, 15) is 0 Å². The summed E-state index contributed by atoms with van der Waals surface area (Å²) in [5.41, 5.74) is 0.569. The molecule has 0 aromatic carbocycles. The lowest BCUT2D eigenvalue weighted by molar-refractivity contribution is 0.0398. The molecule has 2 unspecified atom stereocenters. The van der Waals surface area contributed by atoms with Gasteiger partial charge >= 0.3 is 0 Å². The molecule has 1 aliphatic heterocycles. The monoisotopic (exact) mass is 266 g/mol. The van der Waals surface area contributed by atoms with E-state index in [1.807, 2.05) is 0 Å². The zero-order valence-corrected chi connectivity index (χ0v) is 13.4. The first-order valence-electron chi connectivity index (χ1n) is 8.62. The zero-order valence-electron chi connectivity index (χ0n) is 13.4. The van der Waals surface area contributed by atoms with Crippen LogP contribution in [0.3, 0.4) is 0 Å². The summed E-state index contributed by atoms with van der Waals surface area (Å²) in [6.45, 7) is 12.2. The maximum absolute atomic E-state index is 3.65. The largest absolute Gasteiger partial charge is 0.316 e. The Morgan fingerprint density at radius 2 is 1.84 bits per heavy atom. The quantitative estimate of drug-likeness (QED) is 0.817. The maximum atomic E-state index is 3.65. The van der Waals surface area contributed by atoms with Crippen LogP contribution in [0.2, 0.25) is 0 Å². The third-order valence-corrected chi connectivity index (χ3v) is 5.71. The van der Waals surface area contributed by atoms with Crippen molar-refractivity contribution >= 4 is 0 Å². The van der Waals surface area contributed by atoms with Crippen LogP contribution >= 0.6 is 0 Å². The minimum atomic E-state index is 0.569. The summed E-state index contributed by atoms with van der Waals surface area (Å²) in [5.74, 6) is 0.883. The molecule has 2 aliphatic rings. The molecule has 19 heavy (non-hydrogen) atoms. The smallest absolute Gasteiger partial charge is 0.00928 e. The molecule has 1 aliphatic carbocycles. The molecule has 0 spiro atoms. The maximum Gasteiger partial charge on any atom is 0.00928 e. The fraction of sp³-hybridized carbons (Fsp3) is 1.00. The normalized spacial score (nSPS) is 32.4. The SMILES string of the molecule is CCNCC1(CN2CCCC(C)C2C)CCCCC1. The molecular formula is C17H34N2. The molecule has 0 aromatic rings. The van der Waals surface area contributed by atoms with Crippen LogP contribution < -0.4 is 5.32 Å². The summed E-state index contributed by atoms with van der Waals surface area (Å²) in [6.07, 6.45) is 10.1. The molecule has 2 nitrogen and oxygen atoms in total. The fourth-order valence-electron chi connectivity index (χ4n) is 4.16. The second kappa shape index (κ2) is 7.08. The average molecular weight is 266 g/mol. The van der Waals surface area contributed by atoms with Gasteiger partial charge in [-0.2, -0.15) is 0 Å². The minimum Gasteiger partial charge on any atom is -0.316 e. The van der Waals surface area contributed by atoms with Crippen molar-refractivity contribution in [3.05, 3.63) is 0 Å². The Morgan fingerprint density at radius 3 is 2.53 bits per heavy atom. The first kappa shape index (κ1) is 15.3. The van der Waals surface area contributed by atoms with E-state index in [0.717, 1.165) is 18.5 Å². The Kier molecular flexibility index (Phi) is 5.70. The summed E-state index contributed by atoms with van der Waals surface area (Å²) in [4.78, 5) is 2.80. The van der Waals surface area contributed by atoms with Gasteiger partial charge in [-0.1, -0.05) is 33.1 Å². The van der Waals surface area contributed by atoms with Gasteiger partial charge in [0.05, 0.1) is 0 Å². The highest BCUT2D eigenvalue weighted by Gasteiger charge is 2.36. The van der Waals surface area contributed by atoms with E-state index in [-0.39, 0.29) is 0 Å². The molecular weight excluding hydrogens is 232 g/mol. The Balaban J connectivity index is 1.98. The molecule has 0 amide bonds. The van der Waals surface area contributed by atoms with Gasteiger partial charge in [-0.15, -0.1) is 0 Å². The minimum absolute atomic E-state index is 0.569. The predicted octanol–water partition coefficient (Wildman–Crippen LogP) is 3.67. The van der Waals surface area contributed by atoms with Gasteiger partial charge in [0.15, 0.2) is 0 Å². The van der Waals surface area contributed by atoms with Gasteiger partial charge in [0, 0.05) is 19.1 Å². The van der Waals surface area contributed by atoms with Crippen molar-refractivity contribution in [3.63, 3.8) is 0 Å². The Labute approximate surface area is 120 Å². The van der Waals surface area contributed by atoms with E-state index in [4.69, 9.17) is 0 Å². The Hall–Kier alpha value is -0.0800. The van der Waals surface area contributed by atoms with Gasteiger partial charge < -0.3 is 5.32 Å². The molecule has 112 valence electrons. The van der Waals surface area contributed by atoms with Crippen LogP contribution in [0.4, 0.5) is 0 Å². The van der Waals surface area contributed by atoms with Gasteiger partial charge in [-0.3, -0.25) is 4.90 Å². The molecule has 2 atom stereocenters. The van der Waals surface area contributed by atoms with Crippen molar-refractivity contribution in [1.82, 2.24) is 10.2 Å². The molecule has 1 saturated carbocycles. The topological polar surface area (TPSA) is 15.3 Å². The predicted molar refractivity (Wildman–Crippen MR) is 83.5 cm³/mol. The molecule has 2 fully saturated rings. The van der Waals surface area contributed by atoms with Gasteiger partial charge in [0.1, 0.15) is 0 Å². The van der Waals surface area contributed by atoms with E-state index in [2.05, 4.69) is 31.0 Å². The second-order valence-electron chi connectivity index (χ2n) is 7.17. The van der Waals surface area contributed by atoms with Gasteiger partial charge in [-0.25, -0.2) is 0 Å². The van der Waals surface area contributed by atoms with Crippen molar-refractivity contribution in [2.75, 3.05) is 26.2 Å². The number of rotatable bonds is 5. The molecule has 0 bridgehead atoms. The number of piperidine rings is 1. The second-order valence-corrected chi connectivity index (χ2v) is 7.17. The van der Waals surface area contributed by atoms with Crippen molar-refractivity contribution in [1.29, 1.82) is 0 Å². The van der Waals surface area contributed by atoms with Crippen molar-refractivity contribution in [2.24, 2.45) is 11.3 Å². The van der Waals surface area contributed by atoms with Crippen LogP contribution in [0.25, 0.3) is 0 Å². The fourth-order valence-corrected chi connectivity index (χ4v) is 4.16. The number of nitrogens with zero attached hydrogens (tertiary/aromatic N) is 1. The van der Waals surface area contributed by atoms with Crippen LogP contribution in [0, 0.1) is 11.3 Å². The highest BCUT2D eigenvalue weighted by molar-refractivity contribution is 4.90. The Bertz CT molecular complexity index is 258. The first-order valence-corrected chi connectivity index (χ1v) is 8.62. The molecule has 2 rings (SSSR count). The summed E-state index contributed by atoms with van der Waals surface area (Å²) < 4.78 is 0. The van der Waals surface area contributed by atoms with Gasteiger partial charge in [0.2, 0.25) is 0 Å². The van der Waals surface area contributed by atoms with E-state index in [1.54, 1.807) is 0 Å². The van der Waals surface area contributed by atoms with Crippen LogP contribution in [0.15, 0.2) is 0 Å². The lowest BCUT2D eigenvalue weighted by Gasteiger charge is -2.46. The molecule has 2 heteroatoms. The van der Waals surface area contributed by atoms with Crippen LogP contribution in [-0.4, -0.2) is 37.1 Å². The van der Waals surface area contributed by atoms with Crippen LogP contribution in [0.1, 0.15) is 65.7 Å². The summed E-state index contributed by atoms with van der Waals surface area (Å²) >= 11 is 0. The lowest BCUT2D eigenvalue weighted by Crippen LogP contribution is -2.51. The average Bonchev–Trinajstić information content (AvgIpc) is 2.43. The molecule has 1 saturated heterocycles. The lowest BCUT2D eigenvalue weighted by atomic mass is 9.72. The van der Waals surface area contributed by atoms with Crippen LogP contribution in [-0.2, 0) is 0 Å². The van der Waals surface area contributed by atoms with Crippen molar-refractivity contribution in [3.8, 4) is 0 Å². The van der Waals surface area contributed by atoms with E-state index < -0.39 is 0 Å². The van der Waals surface area contributed by atoms with E-state index in [1.165, 1.54) is 64.6 Å². The zero-order chi connectivity index (χ0) is 13.7. The molecule has 1 N–H and O–H groups in total. The van der Waals surface area contributed by atoms with Crippen molar-refractivity contribution < 1.29 is 0 Å². The van der Waals surface area contributed by atoms with E-state index >= 15 is 0 Å². The molecule has 0 radical (unpaired) electrons. The summed E-state index contributed by atoms with van der Waals surface area (Å²) in [6, 6.07) is 0.786. The third-order valence-electron chi connectivity index (χ3n) is 5.71. The number of likely N-dealkylation sites (tertiary alicyclic amines) is 1. The molecule has 1 heterocycles. The summed E-state index contributed by atoms with van der Waals surface area (Å²) in [7, 11) is 0.